The van der Waals surface area contributed by atoms with E-state index in [9.17, 15) is 11.7 Å². The Morgan fingerprint density at radius 2 is 2.10 bits per heavy atom. The first kappa shape index (κ1) is 8.16. The van der Waals surface area contributed by atoms with Crippen LogP contribution in [0.2, 0.25) is 0 Å². The molecule has 1 unspecified atom stereocenters. The Labute approximate surface area is 58.9 Å². The fraction of sp³-hybridized carbons (Fsp3) is 1.00. The summed E-state index contributed by atoms with van der Waals surface area (Å²) in [5.74, 6) is 0. The number of halogens is 3. The Kier molecular flexibility index (Phi) is 2.43. The molecular weight excluding hydrogens is 167 g/mol. The highest BCUT2D eigenvalue weighted by atomic mass is 32.3. The Balaban J connectivity index is 2.39. The molecule has 1 N–H and O–H groups in total. The van der Waals surface area contributed by atoms with E-state index in [2.05, 4.69) is 10.1 Å². The zero-order valence-electron chi connectivity index (χ0n) is 5.15. The van der Waals surface area contributed by atoms with Crippen LogP contribution in [-0.2, 0) is 4.74 Å². The van der Waals surface area contributed by atoms with E-state index in [0.717, 1.165) is 0 Å². The maximum Gasteiger partial charge on any atom is 0.237 e. The molecule has 1 aliphatic heterocycles. The molecule has 0 radical (unpaired) electrons. The van der Waals surface area contributed by atoms with E-state index in [0.29, 0.717) is 6.54 Å². The third-order valence-electron chi connectivity index (χ3n) is 1.19. The predicted octanol–water partition coefficient (Wildman–Crippen LogP) is 1.39. The van der Waals surface area contributed by atoms with Gasteiger partial charge in [-0.25, -0.2) is 0 Å². The first-order valence-electron chi connectivity index (χ1n) is 2.84. The van der Waals surface area contributed by atoms with Crippen LogP contribution in [0.15, 0.2) is 0 Å². The molecular formula is C4H8F3NOS. The molecule has 0 bridgehead atoms. The summed E-state index contributed by atoms with van der Waals surface area (Å²) in [5, 5.41) is 2.62. The number of hydrogen-bond donors (Lipinski definition) is 1. The van der Waals surface area contributed by atoms with E-state index in [-0.39, 0.29) is 13.2 Å². The third-order valence-corrected chi connectivity index (χ3v) is 2.09. The second-order valence-corrected chi connectivity index (χ2v) is 3.36. The minimum atomic E-state index is -5.01. The highest BCUT2D eigenvalue weighted by Crippen LogP contribution is 2.57. The van der Waals surface area contributed by atoms with Crippen molar-refractivity contribution in [2.75, 3.05) is 19.7 Å². The van der Waals surface area contributed by atoms with Crippen molar-refractivity contribution in [2.45, 2.75) is 5.44 Å². The molecule has 62 valence electrons. The molecule has 1 heterocycles. The van der Waals surface area contributed by atoms with Gasteiger partial charge in [0.25, 0.3) is 0 Å². The lowest BCUT2D eigenvalue weighted by molar-refractivity contribution is 0.0735. The zero-order valence-corrected chi connectivity index (χ0v) is 5.97. The minimum Gasteiger partial charge on any atom is -0.359 e. The van der Waals surface area contributed by atoms with Gasteiger partial charge >= 0.3 is 0 Å². The minimum absolute atomic E-state index is 0.0845. The molecule has 0 amide bonds. The summed E-state index contributed by atoms with van der Waals surface area (Å²) >= 11 is -5.01. The first-order valence-corrected chi connectivity index (χ1v) is 4.24. The number of ether oxygens (including phenoxy) is 1. The van der Waals surface area contributed by atoms with Gasteiger partial charge in [-0.1, -0.05) is 0 Å². The molecule has 0 aliphatic carbocycles. The van der Waals surface area contributed by atoms with Crippen molar-refractivity contribution in [3.05, 3.63) is 0 Å². The maximum atomic E-state index is 11.9. The monoisotopic (exact) mass is 175 g/mol. The molecule has 1 aliphatic rings. The van der Waals surface area contributed by atoms with Crippen LogP contribution in [0.3, 0.4) is 0 Å². The molecule has 0 spiro atoms. The van der Waals surface area contributed by atoms with E-state index in [1.54, 1.807) is 0 Å². The van der Waals surface area contributed by atoms with Gasteiger partial charge in [0.2, 0.25) is 11.2 Å². The van der Waals surface area contributed by atoms with E-state index < -0.39 is 16.6 Å². The molecule has 1 atom stereocenters. The van der Waals surface area contributed by atoms with Crippen LogP contribution in [0, 0.1) is 0 Å². The Hall–Kier alpha value is 0.0600. The summed E-state index contributed by atoms with van der Waals surface area (Å²) in [6.07, 6.45) is 0. The van der Waals surface area contributed by atoms with Crippen molar-refractivity contribution in [3.8, 4) is 0 Å². The topological polar surface area (TPSA) is 21.3 Å². The number of rotatable bonds is 1. The molecule has 1 saturated heterocycles. The summed E-state index contributed by atoms with van der Waals surface area (Å²) in [6, 6.07) is 0. The third kappa shape index (κ3) is 2.03. The lowest BCUT2D eigenvalue weighted by atomic mass is 10.5. The first-order chi connectivity index (χ1) is 4.61. The van der Waals surface area contributed by atoms with Crippen molar-refractivity contribution < 1.29 is 16.4 Å². The van der Waals surface area contributed by atoms with Crippen LogP contribution in [0.25, 0.3) is 0 Å². The van der Waals surface area contributed by atoms with Gasteiger partial charge in [-0.05, 0) is 0 Å². The second-order valence-electron chi connectivity index (χ2n) is 1.95. The summed E-state index contributed by atoms with van der Waals surface area (Å²) in [4.78, 5) is 0. The highest BCUT2D eigenvalue weighted by Gasteiger charge is 2.36. The smallest absolute Gasteiger partial charge is 0.237 e. The Bertz CT molecular complexity index is 112. The average molecular weight is 175 g/mol. The van der Waals surface area contributed by atoms with Crippen LogP contribution < -0.4 is 5.32 Å². The molecule has 0 aromatic heterocycles. The predicted molar refractivity (Wildman–Crippen MR) is 33.5 cm³/mol. The fourth-order valence-electron chi connectivity index (χ4n) is 0.713. The van der Waals surface area contributed by atoms with Crippen molar-refractivity contribution in [3.63, 3.8) is 0 Å². The van der Waals surface area contributed by atoms with E-state index in [1.165, 1.54) is 0 Å². The fourth-order valence-corrected chi connectivity index (χ4v) is 1.27. The number of morpholine rings is 1. The van der Waals surface area contributed by atoms with Crippen LogP contribution in [0.5, 0.6) is 0 Å². The SMILES string of the molecule is FS(F)(F)C1CNCCO1. The molecule has 0 aromatic rings. The van der Waals surface area contributed by atoms with Crippen LogP contribution in [0.4, 0.5) is 11.7 Å². The van der Waals surface area contributed by atoms with Crippen molar-refractivity contribution in [1.82, 2.24) is 5.32 Å². The molecule has 0 aromatic carbocycles. The molecule has 2 nitrogen and oxygen atoms in total. The van der Waals surface area contributed by atoms with Gasteiger partial charge < -0.3 is 10.1 Å². The van der Waals surface area contributed by atoms with Gasteiger partial charge in [-0.2, -0.15) is 0 Å². The van der Waals surface area contributed by atoms with Crippen molar-refractivity contribution >= 4 is 11.2 Å². The van der Waals surface area contributed by atoms with E-state index in [1.807, 2.05) is 0 Å². The molecule has 1 fully saturated rings. The lowest BCUT2D eigenvalue weighted by Crippen LogP contribution is -2.38. The summed E-state index contributed by atoms with van der Waals surface area (Å²) in [7, 11) is 0. The van der Waals surface area contributed by atoms with Gasteiger partial charge in [-0.15, -0.1) is 11.7 Å². The van der Waals surface area contributed by atoms with Crippen LogP contribution in [-0.4, -0.2) is 25.1 Å². The van der Waals surface area contributed by atoms with Gasteiger partial charge in [0.05, 0.1) is 6.61 Å². The van der Waals surface area contributed by atoms with Crippen LogP contribution in [0.1, 0.15) is 0 Å². The highest BCUT2D eigenvalue weighted by molar-refractivity contribution is 8.21. The standard InChI is InChI=1S/C4H8F3NOS/c5-10(6,7)4-3-8-1-2-9-4/h4,8H,1-3H2. The average Bonchev–Trinajstić information content (AvgIpc) is 1.88. The van der Waals surface area contributed by atoms with E-state index >= 15 is 0 Å². The zero-order chi connectivity index (χ0) is 7.61. The summed E-state index contributed by atoms with van der Waals surface area (Å²) in [5.41, 5.74) is -1.53. The Morgan fingerprint density at radius 3 is 2.40 bits per heavy atom. The maximum absolute atomic E-state index is 11.9. The van der Waals surface area contributed by atoms with Gasteiger partial charge in [0, 0.05) is 13.1 Å². The summed E-state index contributed by atoms with van der Waals surface area (Å²) in [6.45, 7) is 0.599. The second kappa shape index (κ2) is 2.98. The number of hydrogen-bond acceptors (Lipinski definition) is 2. The molecule has 0 saturated carbocycles. The molecule has 10 heavy (non-hydrogen) atoms. The molecule has 6 heteroatoms. The largest absolute Gasteiger partial charge is 0.359 e. The molecule has 1 rings (SSSR count). The normalized spacial score (nSPS) is 30.1. The van der Waals surface area contributed by atoms with Crippen molar-refractivity contribution in [2.24, 2.45) is 0 Å². The van der Waals surface area contributed by atoms with Crippen LogP contribution >= 0.6 is 11.2 Å². The Morgan fingerprint density at radius 1 is 1.40 bits per heavy atom. The van der Waals surface area contributed by atoms with Crippen molar-refractivity contribution in [1.29, 1.82) is 0 Å². The summed E-state index contributed by atoms with van der Waals surface area (Å²) < 4.78 is 40.1. The van der Waals surface area contributed by atoms with Gasteiger partial charge in [-0.3, -0.25) is 0 Å². The number of nitrogens with one attached hydrogen (secondary N) is 1. The quantitative estimate of drug-likeness (QED) is 0.650. The van der Waals surface area contributed by atoms with E-state index in [4.69, 9.17) is 0 Å². The van der Waals surface area contributed by atoms with Gasteiger partial charge in [0.15, 0.2) is 5.44 Å². The van der Waals surface area contributed by atoms with Gasteiger partial charge in [0.1, 0.15) is 0 Å². The lowest BCUT2D eigenvalue weighted by Gasteiger charge is -2.27.